The number of nitrogens with zero attached hydrogens (tertiary/aromatic N) is 2. The van der Waals surface area contributed by atoms with Crippen LogP contribution in [0.4, 0.5) is 5.95 Å². The minimum atomic E-state index is -3.51. The summed E-state index contributed by atoms with van der Waals surface area (Å²) in [5.41, 5.74) is 0.152. The molecule has 6 nitrogen and oxygen atoms in total. The van der Waals surface area contributed by atoms with E-state index in [0.29, 0.717) is 12.5 Å². The van der Waals surface area contributed by atoms with E-state index in [1.165, 1.54) is 18.8 Å². The van der Waals surface area contributed by atoms with Crippen LogP contribution >= 0.6 is 0 Å². The van der Waals surface area contributed by atoms with Crippen molar-refractivity contribution < 1.29 is 8.42 Å². The van der Waals surface area contributed by atoms with E-state index in [0.717, 1.165) is 19.3 Å². The maximum atomic E-state index is 12.1. The zero-order valence-electron chi connectivity index (χ0n) is 11.3. The number of anilines is 1. The molecule has 0 spiro atoms. The average Bonchev–Trinajstić information content (AvgIpc) is 2.38. The minimum Gasteiger partial charge on any atom is -0.357 e. The first-order valence-electron chi connectivity index (χ1n) is 6.51. The summed E-state index contributed by atoms with van der Waals surface area (Å²) in [5, 5.41) is 2.75. The Morgan fingerprint density at radius 2 is 1.95 bits per heavy atom. The van der Waals surface area contributed by atoms with Crippen LogP contribution in [0.1, 0.15) is 32.6 Å². The van der Waals surface area contributed by atoms with Gasteiger partial charge in [0.05, 0.1) is 12.4 Å². The van der Waals surface area contributed by atoms with E-state index >= 15 is 0 Å². The Hall–Kier alpha value is -1.21. The van der Waals surface area contributed by atoms with Gasteiger partial charge < -0.3 is 5.32 Å². The quantitative estimate of drug-likeness (QED) is 0.824. The van der Waals surface area contributed by atoms with Crippen molar-refractivity contribution in [2.24, 2.45) is 5.41 Å². The first kappa shape index (κ1) is 14.2. The summed E-state index contributed by atoms with van der Waals surface area (Å²) in [4.78, 5) is 7.95. The van der Waals surface area contributed by atoms with Crippen molar-refractivity contribution >= 4 is 16.0 Å². The Labute approximate surface area is 114 Å². The van der Waals surface area contributed by atoms with Crippen LogP contribution in [-0.2, 0) is 10.0 Å². The lowest BCUT2D eigenvalue weighted by Crippen LogP contribution is -2.41. The number of nitrogens with one attached hydrogen (secondary N) is 2. The van der Waals surface area contributed by atoms with Gasteiger partial charge in [-0.1, -0.05) is 13.3 Å². The molecule has 0 aliphatic heterocycles. The standard InChI is InChI=1S/C12H20N4O2S/c1-3-12(5-4-6-12)9-16-19(17,18)10-7-14-11(13-2)15-8-10/h7-8,16H,3-6,9H2,1-2H3,(H,13,14,15). The Bertz CT molecular complexity index is 518. The maximum Gasteiger partial charge on any atom is 0.243 e. The molecule has 1 aromatic rings. The Morgan fingerprint density at radius 1 is 1.32 bits per heavy atom. The molecule has 0 saturated heterocycles. The van der Waals surface area contributed by atoms with Crippen LogP contribution in [0.25, 0.3) is 0 Å². The van der Waals surface area contributed by atoms with Gasteiger partial charge in [0.1, 0.15) is 4.90 Å². The van der Waals surface area contributed by atoms with E-state index in [-0.39, 0.29) is 10.3 Å². The SMILES string of the molecule is CCC1(CNS(=O)(=O)c2cnc(NC)nc2)CCC1. The second-order valence-electron chi connectivity index (χ2n) is 5.02. The average molecular weight is 284 g/mol. The van der Waals surface area contributed by atoms with Crippen molar-refractivity contribution in [1.82, 2.24) is 14.7 Å². The molecule has 106 valence electrons. The molecule has 1 aliphatic carbocycles. The predicted molar refractivity (Wildman–Crippen MR) is 73.3 cm³/mol. The lowest BCUT2D eigenvalue weighted by molar-refractivity contribution is 0.133. The van der Waals surface area contributed by atoms with Gasteiger partial charge in [-0.2, -0.15) is 0 Å². The fraction of sp³-hybridized carbons (Fsp3) is 0.667. The zero-order valence-corrected chi connectivity index (χ0v) is 12.1. The van der Waals surface area contributed by atoms with Gasteiger partial charge in [-0.15, -0.1) is 0 Å². The summed E-state index contributed by atoms with van der Waals surface area (Å²) < 4.78 is 26.9. The van der Waals surface area contributed by atoms with E-state index < -0.39 is 10.0 Å². The number of aromatic nitrogens is 2. The molecule has 0 aromatic carbocycles. The molecule has 1 saturated carbocycles. The second-order valence-corrected chi connectivity index (χ2v) is 6.79. The number of hydrogen-bond donors (Lipinski definition) is 2. The Kier molecular flexibility index (Phi) is 4.05. The first-order chi connectivity index (χ1) is 9.01. The predicted octanol–water partition coefficient (Wildman–Crippen LogP) is 1.38. The highest BCUT2D eigenvalue weighted by Crippen LogP contribution is 2.43. The van der Waals surface area contributed by atoms with Gasteiger partial charge in [0.15, 0.2) is 0 Å². The number of hydrogen-bond acceptors (Lipinski definition) is 5. The van der Waals surface area contributed by atoms with Crippen LogP contribution < -0.4 is 10.0 Å². The second kappa shape index (κ2) is 5.42. The maximum absolute atomic E-state index is 12.1. The topological polar surface area (TPSA) is 84.0 Å². The molecule has 0 bridgehead atoms. The number of sulfonamides is 1. The van der Waals surface area contributed by atoms with Crippen LogP contribution in [0.5, 0.6) is 0 Å². The fourth-order valence-corrected chi connectivity index (χ4v) is 3.29. The minimum absolute atomic E-state index is 0.108. The molecule has 0 atom stereocenters. The van der Waals surface area contributed by atoms with Crippen LogP contribution in [0.3, 0.4) is 0 Å². The van der Waals surface area contributed by atoms with Crippen molar-refractivity contribution in [2.75, 3.05) is 18.9 Å². The van der Waals surface area contributed by atoms with Crippen LogP contribution in [-0.4, -0.2) is 32.0 Å². The molecule has 7 heteroatoms. The summed E-state index contributed by atoms with van der Waals surface area (Å²) >= 11 is 0. The Morgan fingerprint density at radius 3 is 2.37 bits per heavy atom. The third-order valence-electron chi connectivity index (χ3n) is 3.96. The molecule has 0 unspecified atom stereocenters. The van der Waals surface area contributed by atoms with Gasteiger partial charge in [0.25, 0.3) is 0 Å². The molecule has 2 rings (SSSR count). The zero-order chi connectivity index (χ0) is 13.9. The van der Waals surface area contributed by atoms with Gasteiger partial charge >= 0.3 is 0 Å². The largest absolute Gasteiger partial charge is 0.357 e. The molecule has 1 fully saturated rings. The lowest BCUT2D eigenvalue weighted by Gasteiger charge is -2.41. The van der Waals surface area contributed by atoms with Gasteiger partial charge in [-0.05, 0) is 24.7 Å². The molecule has 1 heterocycles. The van der Waals surface area contributed by atoms with Crippen molar-refractivity contribution in [3.8, 4) is 0 Å². The van der Waals surface area contributed by atoms with E-state index in [1.54, 1.807) is 7.05 Å². The third kappa shape index (κ3) is 3.03. The van der Waals surface area contributed by atoms with E-state index in [9.17, 15) is 8.42 Å². The smallest absolute Gasteiger partial charge is 0.243 e. The van der Waals surface area contributed by atoms with Crippen molar-refractivity contribution in [3.63, 3.8) is 0 Å². The third-order valence-corrected chi connectivity index (χ3v) is 5.32. The molecule has 1 aliphatic rings. The summed E-state index contributed by atoms with van der Waals surface area (Å²) in [6.07, 6.45) is 7.03. The summed E-state index contributed by atoms with van der Waals surface area (Å²) in [5.74, 6) is 0.406. The highest BCUT2D eigenvalue weighted by Gasteiger charge is 2.36. The van der Waals surface area contributed by atoms with Gasteiger partial charge in [-0.25, -0.2) is 23.1 Å². The lowest BCUT2D eigenvalue weighted by atomic mass is 9.67. The van der Waals surface area contributed by atoms with E-state index in [2.05, 4.69) is 26.9 Å². The van der Waals surface area contributed by atoms with Crippen molar-refractivity contribution in [1.29, 1.82) is 0 Å². The van der Waals surface area contributed by atoms with Gasteiger partial charge in [0.2, 0.25) is 16.0 Å². The first-order valence-corrected chi connectivity index (χ1v) is 7.99. The normalized spacial score (nSPS) is 17.8. The van der Waals surface area contributed by atoms with Crippen LogP contribution in [0.15, 0.2) is 17.3 Å². The van der Waals surface area contributed by atoms with E-state index in [4.69, 9.17) is 0 Å². The van der Waals surface area contributed by atoms with Crippen molar-refractivity contribution in [2.45, 2.75) is 37.5 Å². The Balaban J connectivity index is 2.05. The monoisotopic (exact) mass is 284 g/mol. The molecule has 19 heavy (non-hydrogen) atoms. The molecular weight excluding hydrogens is 264 g/mol. The molecule has 2 N–H and O–H groups in total. The highest BCUT2D eigenvalue weighted by molar-refractivity contribution is 7.89. The van der Waals surface area contributed by atoms with Gasteiger partial charge in [-0.3, -0.25) is 0 Å². The van der Waals surface area contributed by atoms with Crippen molar-refractivity contribution in [3.05, 3.63) is 12.4 Å². The highest BCUT2D eigenvalue weighted by atomic mass is 32.2. The van der Waals surface area contributed by atoms with E-state index in [1.807, 2.05) is 0 Å². The van der Waals surface area contributed by atoms with Crippen LogP contribution in [0.2, 0.25) is 0 Å². The molecule has 0 amide bonds. The van der Waals surface area contributed by atoms with Gasteiger partial charge in [0, 0.05) is 13.6 Å². The summed E-state index contributed by atoms with van der Waals surface area (Å²) in [6, 6.07) is 0. The van der Waals surface area contributed by atoms with Crippen LogP contribution in [0, 0.1) is 5.41 Å². The molecular formula is C12H20N4O2S. The summed E-state index contributed by atoms with van der Waals surface area (Å²) in [6.45, 7) is 2.61. The molecule has 0 radical (unpaired) electrons. The molecule has 1 aromatic heterocycles. The number of rotatable bonds is 6. The summed E-state index contributed by atoms with van der Waals surface area (Å²) in [7, 11) is -1.82. The fourth-order valence-electron chi connectivity index (χ4n) is 2.25.